The van der Waals surface area contributed by atoms with Crippen LogP contribution in [-0.2, 0) is 42.7 Å². The predicted molar refractivity (Wildman–Crippen MR) is 234 cm³/mol. The van der Waals surface area contributed by atoms with E-state index >= 15 is 0 Å². The summed E-state index contributed by atoms with van der Waals surface area (Å²) >= 11 is 0. The minimum Gasteiger partial charge on any atom is -0.481 e. The molecule has 3 heterocycles. The lowest BCUT2D eigenvalue weighted by atomic mass is 9.33. The van der Waals surface area contributed by atoms with Gasteiger partial charge in [-0.2, -0.15) is 0 Å². The average Bonchev–Trinajstić information content (AvgIpc) is 3.26. The lowest BCUT2D eigenvalue weighted by Gasteiger charge is -2.71. The highest BCUT2D eigenvalue weighted by Gasteiger charge is 2.70. The van der Waals surface area contributed by atoms with E-state index in [0.717, 1.165) is 44.9 Å². The summed E-state index contributed by atoms with van der Waals surface area (Å²) in [6.45, 7) is 15.3. The molecule has 23 atom stereocenters. The number of carboxylic acids is 1. The van der Waals surface area contributed by atoms with Crippen LogP contribution in [0.15, 0.2) is 11.6 Å². The molecule has 0 aromatic heterocycles. The number of carbonyl (C=O) groups excluding carboxylic acids is 1. The van der Waals surface area contributed by atoms with E-state index in [2.05, 4.69) is 40.7 Å². The molecule has 0 bridgehead atoms. The summed E-state index contributed by atoms with van der Waals surface area (Å²) < 4.78 is 41.3. The molecule has 382 valence electrons. The topological polar surface area (TPSA) is 281 Å². The molecule has 8 rings (SSSR count). The molecule has 3 saturated heterocycles. The van der Waals surface area contributed by atoms with Gasteiger partial charge in [0, 0.05) is 12.3 Å². The first kappa shape index (κ1) is 51.5. The molecule has 3 aliphatic heterocycles. The zero-order valence-corrected chi connectivity index (χ0v) is 40.4. The predicted octanol–water partition coefficient (Wildman–Crippen LogP) is 1.92. The lowest BCUT2D eigenvalue weighted by molar-refractivity contribution is -0.379. The summed E-state index contributed by atoms with van der Waals surface area (Å²) in [7, 11) is 0. The number of aliphatic carboxylic acids is 1. The monoisotopic (exact) mass is 955 g/mol. The van der Waals surface area contributed by atoms with Crippen LogP contribution in [0.5, 0.6) is 0 Å². The molecule has 0 amide bonds. The van der Waals surface area contributed by atoms with Crippen molar-refractivity contribution in [3.63, 3.8) is 0 Å². The largest absolute Gasteiger partial charge is 0.481 e. The Balaban J connectivity index is 1.000. The number of aliphatic hydroxyl groups is 8. The van der Waals surface area contributed by atoms with E-state index in [0.29, 0.717) is 19.3 Å². The summed E-state index contributed by atoms with van der Waals surface area (Å²) in [4.78, 5) is 25.2. The van der Waals surface area contributed by atoms with Crippen molar-refractivity contribution in [2.75, 3.05) is 19.8 Å². The Kier molecular flexibility index (Phi) is 14.1. The Morgan fingerprint density at radius 1 is 0.731 bits per heavy atom. The quantitative estimate of drug-likeness (QED) is 0.0859. The molecule has 8 aliphatic rings. The number of aliphatic hydroxyl groups excluding tert-OH is 8. The molecule has 23 unspecified atom stereocenters. The van der Waals surface area contributed by atoms with Crippen LogP contribution in [0.3, 0.4) is 0 Å². The minimum absolute atomic E-state index is 0.0130. The fraction of sp³-hybridized carbons (Fsp3) is 0.918. The van der Waals surface area contributed by atoms with Gasteiger partial charge in [-0.25, -0.2) is 0 Å². The van der Waals surface area contributed by atoms with Gasteiger partial charge in [0.2, 0.25) is 0 Å². The molecule has 67 heavy (non-hydrogen) atoms. The number of hydrogen-bond acceptors (Lipinski definition) is 17. The number of rotatable bonds is 10. The summed E-state index contributed by atoms with van der Waals surface area (Å²) in [5.74, 6) is -1.12. The number of fused-ring (bicyclic) bond motifs is 7. The Bertz CT molecular complexity index is 1860. The number of hydrogen-bond donors (Lipinski definition) is 9. The number of esters is 1. The van der Waals surface area contributed by atoms with E-state index in [1.54, 1.807) is 0 Å². The van der Waals surface area contributed by atoms with Crippen molar-refractivity contribution >= 4 is 11.9 Å². The van der Waals surface area contributed by atoms with Crippen molar-refractivity contribution in [1.82, 2.24) is 0 Å². The second-order valence-electron chi connectivity index (χ2n) is 23.5. The van der Waals surface area contributed by atoms with Crippen LogP contribution in [0.2, 0.25) is 0 Å². The maximum atomic E-state index is 13.1. The molecule has 4 saturated carbocycles. The van der Waals surface area contributed by atoms with Crippen LogP contribution >= 0.6 is 0 Å². The highest BCUT2D eigenvalue weighted by molar-refractivity contribution is 5.76. The van der Waals surface area contributed by atoms with Crippen LogP contribution in [0.1, 0.15) is 120 Å². The maximum Gasteiger partial charge on any atom is 0.310 e. The van der Waals surface area contributed by atoms with Crippen LogP contribution in [0, 0.1) is 50.2 Å². The fourth-order valence-corrected chi connectivity index (χ4v) is 15.0. The molecule has 0 radical (unpaired) electrons. The van der Waals surface area contributed by atoms with Gasteiger partial charge < -0.3 is 79.1 Å². The first-order valence-electron chi connectivity index (χ1n) is 24.6. The van der Waals surface area contributed by atoms with E-state index in [-0.39, 0.29) is 46.0 Å². The third-order valence-corrected chi connectivity index (χ3v) is 19.4. The molecule has 0 aromatic rings. The van der Waals surface area contributed by atoms with Gasteiger partial charge in [-0.1, -0.05) is 53.2 Å². The normalized spacial score (nSPS) is 52.9. The SMILES string of the molecule is CC(=O)OCC1OC(OC2CCC3(C)C(CCC4(C)C3CC=C3C5CC(C)(C)CCC5(C(=O)O)CCC34C)C2(C)CO)C(O)C(O)C1OC1OC(C)C(O)C(OC2OCC(O)C(O)C2O)C1O. The lowest BCUT2D eigenvalue weighted by Crippen LogP contribution is -2.67. The van der Waals surface area contributed by atoms with E-state index in [9.17, 15) is 55.5 Å². The van der Waals surface area contributed by atoms with Crippen LogP contribution in [-0.4, -0.2) is 170 Å². The summed E-state index contributed by atoms with van der Waals surface area (Å²) in [6, 6.07) is 0. The van der Waals surface area contributed by atoms with E-state index in [4.69, 9.17) is 33.2 Å². The van der Waals surface area contributed by atoms with Crippen LogP contribution in [0.4, 0.5) is 0 Å². The van der Waals surface area contributed by atoms with Gasteiger partial charge >= 0.3 is 11.9 Å². The summed E-state index contributed by atoms with van der Waals surface area (Å²) in [5, 5.41) is 98.7. The number of carboxylic acid groups (broad SMARTS) is 1. The average molecular weight is 955 g/mol. The van der Waals surface area contributed by atoms with Gasteiger partial charge in [0.05, 0.1) is 30.8 Å². The van der Waals surface area contributed by atoms with Crippen molar-refractivity contribution in [3.05, 3.63) is 11.6 Å². The maximum absolute atomic E-state index is 13.1. The minimum atomic E-state index is -1.80. The molecule has 0 spiro atoms. The number of allylic oxidation sites excluding steroid dienone is 2. The van der Waals surface area contributed by atoms with Crippen molar-refractivity contribution in [1.29, 1.82) is 0 Å². The molecule has 0 aromatic carbocycles. The first-order chi connectivity index (χ1) is 31.3. The molecular weight excluding hydrogens is 877 g/mol. The van der Waals surface area contributed by atoms with Crippen LogP contribution < -0.4 is 0 Å². The highest BCUT2D eigenvalue weighted by atomic mass is 16.8. The fourth-order valence-electron chi connectivity index (χ4n) is 15.0. The van der Waals surface area contributed by atoms with Gasteiger partial charge in [-0.15, -0.1) is 0 Å². The second kappa shape index (κ2) is 18.3. The molecule has 9 N–H and O–H groups in total. The molecular formula is C49H78O18. The second-order valence-corrected chi connectivity index (χ2v) is 23.5. The standard InChI is InChI=1S/C49H78O18/c1-23-32(53)39(67-40-35(56)33(54)27(52)20-62-40)37(58)42(63-23)66-38-28(21-61-24(2)51)64-41(36(57)34(38)55)65-31-12-13-45(5)29(46(31,6)22-50)11-14-48(8)30(45)10-9-25-26-19-44(3,4)15-17-49(26,43(59)60)18-16-47(25,48)7/h9,23,26-42,50,52-58H,10-22H2,1-8H3,(H,59,60). The summed E-state index contributed by atoms with van der Waals surface area (Å²) in [6.07, 6.45) is -12.2. The van der Waals surface area contributed by atoms with Gasteiger partial charge in [0.25, 0.3) is 0 Å². The first-order valence-corrected chi connectivity index (χ1v) is 24.6. The molecule has 18 nitrogen and oxygen atoms in total. The Labute approximate surface area is 393 Å². The van der Waals surface area contributed by atoms with Crippen molar-refractivity contribution in [2.24, 2.45) is 50.2 Å². The third-order valence-electron chi connectivity index (χ3n) is 19.4. The Morgan fingerprint density at radius 3 is 2.06 bits per heavy atom. The molecule has 5 aliphatic carbocycles. The van der Waals surface area contributed by atoms with Gasteiger partial charge in [0.15, 0.2) is 18.9 Å². The van der Waals surface area contributed by atoms with E-state index < -0.39 is 128 Å². The van der Waals surface area contributed by atoms with Crippen molar-refractivity contribution < 1.29 is 88.7 Å². The Hall–Kier alpha value is -1.88. The summed E-state index contributed by atoms with van der Waals surface area (Å²) in [5.41, 5.74) is -0.724. The van der Waals surface area contributed by atoms with E-state index in [1.807, 2.05) is 6.92 Å². The van der Waals surface area contributed by atoms with Crippen molar-refractivity contribution in [2.45, 2.75) is 212 Å². The van der Waals surface area contributed by atoms with Gasteiger partial charge in [-0.3, -0.25) is 9.59 Å². The van der Waals surface area contributed by atoms with Crippen LogP contribution in [0.25, 0.3) is 0 Å². The number of carbonyl (C=O) groups is 2. The zero-order chi connectivity index (χ0) is 49.0. The highest BCUT2D eigenvalue weighted by Crippen LogP contribution is 2.76. The smallest absolute Gasteiger partial charge is 0.310 e. The van der Waals surface area contributed by atoms with Gasteiger partial charge in [0.1, 0.15) is 67.6 Å². The van der Waals surface area contributed by atoms with Crippen molar-refractivity contribution in [3.8, 4) is 0 Å². The molecule has 7 fully saturated rings. The Morgan fingerprint density at radius 2 is 1.39 bits per heavy atom. The van der Waals surface area contributed by atoms with Gasteiger partial charge in [-0.05, 0) is 111 Å². The molecule has 18 heteroatoms. The zero-order valence-electron chi connectivity index (χ0n) is 40.4. The third kappa shape index (κ3) is 8.35. The number of ether oxygens (including phenoxy) is 7. The van der Waals surface area contributed by atoms with E-state index in [1.165, 1.54) is 19.4 Å².